The van der Waals surface area contributed by atoms with Gasteiger partial charge in [0.2, 0.25) is 0 Å². The standard InChI is InChI=1S/C19H18N4O4/c24-18(16-8-12-4-1-2-6-15(12)27-16)22-13-5-3-7-23(11-13)17-10-20-14(9-21-17)19(25)26/h1-2,4,6,8-10,13H,3,5,7,11H2,(H,22,24)(H,25,26). The maximum absolute atomic E-state index is 12.5. The molecule has 1 aliphatic rings. The number of furan rings is 1. The third-order valence-corrected chi connectivity index (χ3v) is 4.59. The van der Waals surface area contributed by atoms with Gasteiger partial charge in [-0.05, 0) is 25.0 Å². The number of amides is 1. The monoisotopic (exact) mass is 366 g/mol. The highest BCUT2D eigenvalue weighted by Gasteiger charge is 2.24. The van der Waals surface area contributed by atoms with Crippen molar-refractivity contribution in [3.63, 3.8) is 0 Å². The molecule has 0 aliphatic carbocycles. The maximum Gasteiger partial charge on any atom is 0.356 e. The summed E-state index contributed by atoms with van der Waals surface area (Å²) in [6.45, 7) is 1.35. The first-order valence-corrected chi connectivity index (χ1v) is 8.70. The van der Waals surface area contributed by atoms with Crippen molar-refractivity contribution in [2.45, 2.75) is 18.9 Å². The van der Waals surface area contributed by atoms with Gasteiger partial charge < -0.3 is 19.7 Å². The topological polar surface area (TPSA) is 109 Å². The Kier molecular flexibility index (Phi) is 4.45. The molecule has 2 aromatic heterocycles. The van der Waals surface area contributed by atoms with Crippen molar-refractivity contribution in [2.24, 2.45) is 0 Å². The van der Waals surface area contributed by atoms with Gasteiger partial charge in [0, 0.05) is 24.5 Å². The number of aromatic carboxylic acids is 1. The molecular weight excluding hydrogens is 348 g/mol. The van der Waals surface area contributed by atoms with Crippen LogP contribution in [0.25, 0.3) is 11.0 Å². The lowest BCUT2D eigenvalue weighted by Gasteiger charge is -2.33. The smallest absolute Gasteiger partial charge is 0.356 e. The van der Waals surface area contributed by atoms with Gasteiger partial charge in [0.1, 0.15) is 11.4 Å². The van der Waals surface area contributed by atoms with Gasteiger partial charge in [-0.1, -0.05) is 18.2 Å². The fourth-order valence-corrected chi connectivity index (χ4v) is 3.25. The third kappa shape index (κ3) is 3.59. The van der Waals surface area contributed by atoms with Crippen molar-refractivity contribution in [1.29, 1.82) is 0 Å². The molecule has 138 valence electrons. The molecule has 0 bridgehead atoms. The van der Waals surface area contributed by atoms with E-state index < -0.39 is 5.97 Å². The molecule has 27 heavy (non-hydrogen) atoms. The molecule has 1 amide bonds. The Morgan fingerprint density at radius 3 is 2.81 bits per heavy atom. The van der Waals surface area contributed by atoms with Gasteiger partial charge in [-0.15, -0.1) is 0 Å². The first kappa shape index (κ1) is 17.0. The normalized spacial score (nSPS) is 17.0. The van der Waals surface area contributed by atoms with Crippen molar-refractivity contribution >= 4 is 28.7 Å². The number of nitrogens with zero attached hydrogens (tertiary/aromatic N) is 3. The summed E-state index contributed by atoms with van der Waals surface area (Å²) in [5.41, 5.74) is 0.590. The zero-order valence-electron chi connectivity index (χ0n) is 14.5. The van der Waals surface area contributed by atoms with Crippen LogP contribution < -0.4 is 10.2 Å². The first-order valence-electron chi connectivity index (χ1n) is 8.70. The number of hydrogen-bond acceptors (Lipinski definition) is 6. The van der Waals surface area contributed by atoms with Crippen LogP contribution in [-0.2, 0) is 0 Å². The first-order chi connectivity index (χ1) is 13.1. The van der Waals surface area contributed by atoms with Gasteiger partial charge in [-0.3, -0.25) is 4.79 Å². The second-order valence-corrected chi connectivity index (χ2v) is 6.47. The van der Waals surface area contributed by atoms with E-state index in [9.17, 15) is 9.59 Å². The zero-order chi connectivity index (χ0) is 18.8. The second-order valence-electron chi connectivity index (χ2n) is 6.47. The number of aromatic nitrogens is 2. The average molecular weight is 366 g/mol. The molecule has 1 unspecified atom stereocenters. The number of anilines is 1. The average Bonchev–Trinajstić information content (AvgIpc) is 3.13. The minimum absolute atomic E-state index is 0.0552. The molecule has 3 heterocycles. The van der Waals surface area contributed by atoms with E-state index in [2.05, 4.69) is 15.3 Å². The van der Waals surface area contributed by atoms with E-state index in [4.69, 9.17) is 9.52 Å². The van der Waals surface area contributed by atoms with E-state index in [0.717, 1.165) is 24.8 Å². The lowest BCUT2D eigenvalue weighted by Crippen LogP contribution is -2.48. The molecular formula is C19H18N4O4. The van der Waals surface area contributed by atoms with E-state index in [-0.39, 0.29) is 17.6 Å². The highest BCUT2D eigenvalue weighted by atomic mass is 16.4. The van der Waals surface area contributed by atoms with Crippen molar-refractivity contribution in [2.75, 3.05) is 18.0 Å². The lowest BCUT2D eigenvalue weighted by atomic mass is 10.1. The number of para-hydroxylation sites is 1. The number of piperidine rings is 1. The minimum atomic E-state index is -1.11. The number of nitrogens with one attached hydrogen (secondary N) is 1. The number of carboxylic acid groups (broad SMARTS) is 1. The van der Waals surface area contributed by atoms with Crippen molar-refractivity contribution in [1.82, 2.24) is 15.3 Å². The van der Waals surface area contributed by atoms with Crippen LogP contribution in [0.15, 0.2) is 47.1 Å². The fraction of sp³-hybridized carbons (Fsp3) is 0.263. The Hall–Kier alpha value is -3.42. The highest BCUT2D eigenvalue weighted by Crippen LogP contribution is 2.20. The Labute approximate surface area is 154 Å². The Bertz CT molecular complexity index is 950. The van der Waals surface area contributed by atoms with Crippen molar-refractivity contribution in [3.8, 4) is 0 Å². The van der Waals surface area contributed by atoms with Crippen LogP contribution in [0.4, 0.5) is 5.82 Å². The van der Waals surface area contributed by atoms with Gasteiger partial charge in [-0.25, -0.2) is 14.8 Å². The van der Waals surface area contributed by atoms with Crippen molar-refractivity contribution < 1.29 is 19.1 Å². The molecule has 1 aromatic carbocycles. The van der Waals surface area contributed by atoms with E-state index in [1.54, 1.807) is 6.07 Å². The number of hydrogen-bond donors (Lipinski definition) is 2. The lowest BCUT2D eigenvalue weighted by molar-refractivity contribution is 0.0689. The molecule has 8 nitrogen and oxygen atoms in total. The summed E-state index contributed by atoms with van der Waals surface area (Å²) in [4.78, 5) is 33.5. The quantitative estimate of drug-likeness (QED) is 0.729. The van der Waals surface area contributed by atoms with Crippen LogP contribution in [0.5, 0.6) is 0 Å². The number of benzene rings is 1. The van der Waals surface area contributed by atoms with Crippen LogP contribution in [0.1, 0.15) is 33.9 Å². The Balaban J connectivity index is 1.43. The van der Waals surface area contributed by atoms with Crippen LogP contribution >= 0.6 is 0 Å². The van der Waals surface area contributed by atoms with Gasteiger partial charge in [0.25, 0.3) is 5.91 Å². The minimum Gasteiger partial charge on any atom is -0.476 e. The second kappa shape index (κ2) is 7.06. The largest absolute Gasteiger partial charge is 0.476 e. The SMILES string of the molecule is O=C(O)c1cnc(N2CCCC(NC(=O)c3cc4ccccc4o3)C2)cn1. The highest BCUT2D eigenvalue weighted by molar-refractivity contribution is 5.96. The number of rotatable bonds is 4. The Morgan fingerprint density at radius 2 is 2.07 bits per heavy atom. The van der Waals surface area contributed by atoms with E-state index in [1.165, 1.54) is 12.4 Å². The molecule has 0 radical (unpaired) electrons. The summed E-state index contributed by atoms with van der Waals surface area (Å²) in [5, 5.41) is 12.8. The van der Waals surface area contributed by atoms with E-state index in [1.807, 2.05) is 29.2 Å². The molecule has 1 saturated heterocycles. The summed E-state index contributed by atoms with van der Waals surface area (Å²) < 4.78 is 5.61. The predicted octanol–water partition coefficient (Wildman–Crippen LogP) is 2.32. The fourth-order valence-electron chi connectivity index (χ4n) is 3.25. The molecule has 1 aliphatic heterocycles. The number of carbonyl (C=O) groups is 2. The van der Waals surface area contributed by atoms with E-state index >= 15 is 0 Å². The van der Waals surface area contributed by atoms with Gasteiger partial charge in [0.15, 0.2) is 11.5 Å². The molecule has 1 fully saturated rings. The zero-order valence-corrected chi connectivity index (χ0v) is 14.5. The summed E-state index contributed by atoms with van der Waals surface area (Å²) in [5.74, 6) is -0.462. The summed E-state index contributed by atoms with van der Waals surface area (Å²) >= 11 is 0. The molecule has 8 heteroatoms. The van der Waals surface area contributed by atoms with Crippen LogP contribution in [0.2, 0.25) is 0 Å². The van der Waals surface area contributed by atoms with Gasteiger partial charge in [-0.2, -0.15) is 0 Å². The van der Waals surface area contributed by atoms with Crippen molar-refractivity contribution in [3.05, 3.63) is 54.2 Å². The van der Waals surface area contributed by atoms with E-state index in [0.29, 0.717) is 23.7 Å². The molecule has 1 atom stereocenters. The molecule has 3 aromatic rings. The van der Waals surface area contributed by atoms with Crippen LogP contribution in [0, 0.1) is 0 Å². The Morgan fingerprint density at radius 1 is 1.22 bits per heavy atom. The molecule has 0 saturated carbocycles. The predicted molar refractivity (Wildman–Crippen MR) is 97.9 cm³/mol. The molecule has 2 N–H and O–H groups in total. The summed E-state index contributed by atoms with van der Waals surface area (Å²) in [6, 6.07) is 9.17. The van der Waals surface area contributed by atoms with Crippen LogP contribution in [-0.4, -0.2) is 46.1 Å². The number of carbonyl (C=O) groups excluding carboxylic acids is 1. The molecule has 0 spiro atoms. The number of carboxylic acids is 1. The maximum atomic E-state index is 12.5. The van der Waals surface area contributed by atoms with Gasteiger partial charge in [0.05, 0.1) is 12.4 Å². The molecule has 4 rings (SSSR count). The van der Waals surface area contributed by atoms with Crippen LogP contribution in [0.3, 0.4) is 0 Å². The third-order valence-electron chi connectivity index (χ3n) is 4.59. The summed E-state index contributed by atoms with van der Waals surface area (Å²) in [7, 11) is 0. The summed E-state index contributed by atoms with van der Waals surface area (Å²) in [6.07, 6.45) is 4.43. The number of fused-ring (bicyclic) bond motifs is 1. The van der Waals surface area contributed by atoms with Gasteiger partial charge >= 0.3 is 5.97 Å².